The van der Waals surface area contributed by atoms with Crippen LogP contribution in [0.1, 0.15) is 25.3 Å². The van der Waals surface area contributed by atoms with E-state index in [4.69, 9.17) is 9.84 Å². The van der Waals surface area contributed by atoms with Crippen molar-refractivity contribution in [1.29, 1.82) is 0 Å². The van der Waals surface area contributed by atoms with Crippen molar-refractivity contribution in [3.63, 3.8) is 0 Å². The first-order chi connectivity index (χ1) is 11.2. The van der Waals surface area contributed by atoms with Crippen LogP contribution in [0.25, 0.3) is 0 Å². The molecule has 1 unspecified atom stereocenters. The van der Waals surface area contributed by atoms with Gasteiger partial charge in [0.25, 0.3) is 0 Å². The number of amides is 1. The molecule has 0 spiro atoms. The van der Waals surface area contributed by atoms with Crippen molar-refractivity contribution in [2.75, 3.05) is 13.7 Å². The van der Waals surface area contributed by atoms with Gasteiger partial charge in [-0.15, -0.1) is 0 Å². The van der Waals surface area contributed by atoms with Crippen LogP contribution < -0.4 is 10.1 Å². The molecule has 0 bridgehead atoms. The van der Waals surface area contributed by atoms with Gasteiger partial charge in [0.05, 0.1) is 18.6 Å². The number of carboxylic acids is 1. The van der Waals surface area contributed by atoms with Gasteiger partial charge in [0, 0.05) is 13.5 Å². The summed E-state index contributed by atoms with van der Waals surface area (Å²) in [6, 6.07) is 5.99. The van der Waals surface area contributed by atoms with Crippen molar-refractivity contribution in [3.8, 4) is 5.75 Å². The number of ether oxygens (including phenoxy) is 2. The lowest BCUT2D eigenvalue weighted by atomic mass is 9.98. The fourth-order valence-corrected chi connectivity index (χ4v) is 2.28. The summed E-state index contributed by atoms with van der Waals surface area (Å²) in [6.45, 7) is -1.21. The number of halogens is 2. The van der Waals surface area contributed by atoms with Gasteiger partial charge >= 0.3 is 12.6 Å². The predicted octanol–water partition coefficient (Wildman–Crippen LogP) is 2.22. The number of alkyl halides is 2. The SMILES string of the molecule is COCC(C)(CC(=O)O)NC(=O)CCc1ccc(OC(F)F)cc1. The Morgan fingerprint density at radius 3 is 2.42 bits per heavy atom. The van der Waals surface area contributed by atoms with Gasteiger partial charge in [-0.2, -0.15) is 8.78 Å². The molecule has 1 amide bonds. The molecule has 1 rings (SSSR count). The highest BCUT2D eigenvalue weighted by atomic mass is 19.3. The third-order valence-corrected chi connectivity index (χ3v) is 3.23. The van der Waals surface area contributed by atoms with E-state index in [0.29, 0.717) is 6.42 Å². The third-order valence-electron chi connectivity index (χ3n) is 3.23. The number of carboxylic acid groups (broad SMARTS) is 1. The second-order valence-electron chi connectivity index (χ2n) is 5.63. The van der Waals surface area contributed by atoms with Gasteiger partial charge in [0.15, 0.2) is 0 Å². The molecule has 0 heterocycles. The molecule has 0 aromatic heterocycles. The van der Waals surface area contributed by atoms with Gasteiger partial charge in [-0.3, -0.25) is 9.59 Å². The van der Waals surface area contributed by atoms with Gasteiger partial charge in [0.2, 0.25) is 5.91 Å². The lowest BCUT2D eigenvalue weighted by molar-refractivity contribution is -0.139. The number of nitrogens with one attached hydrogen (secondary N) is 1. The highest BCUT2D eigenvalue weighted by Crippen LogP contribution is 2.16. The minimum Gasteiger partial charge on any atom is -0.481 e. The zero-order valence-electron chi connectivity index (χ0n) is 13.6. The van der Waals surface area contributed by atoms with E-state index < -0.39 is 18.1 Å². The normalized spacial score (nSPS) is 13.4. The summed E-state index contributed by atoms with van der Waals surface area (Å²) in [5, 5.41) is 11.6. The molecule has 0 aliphatic rings. The number of carbonyl (C=O) groups excluding carboxylic acids is 1. The summed E-state index contributed by atoms with van der Waals surface area (Å²) in [5.74, 6) is -1.31. The first kappa shape index (κ1) is 19.8. The van der Waals surface area contributed by atoms with Gasteiger partial charge in [0.1, 0.15) is 5.75 Å². The summed E-state index contributed by atoms with van der Waals surface area (Å²) < 4.78 is 33.3. The molecule has 0 aliphatic heterocycles. The van der Waals surface area contributed by atoms with E-state index in [0.717, 1.165) is 5.56 Å². The summed E-state index contributed by atoms with van der Waals surface area (Å²) >= 11 is 0. The van der Waals surface area contributed by atoms with E-state index in [-0.39, 0.29) is 31.1 Å². The Labute approximate surface area is 138 Å². The summed E-state index contributed by atoms with van der Waals surface area (Å²) in [4.78, 5) is 22.9. The maximum Gasteiger partial charge on any atom is 0.387 e. The number of benzene rings is 1. The largest absolute Gasteiger partial charge is 0.481 e. The molecule has 0 saturated carbocycles. The summed E-state index contributed by atoms with van der Waals surface area (Å²) in [5.41, 5.74) is -0.217. The molecule has 1 aromatic carbocycles. The average Bonchev–Trinajstić information content (AvgIpc) is 2.45. The molecule has 0 radical (unpaired) electrons. The van der Waals surface area contributed by atoms with Crippen LogP contribution in [0.2, 0.25) is 0 Å². The maximum atomic E-state index is 12.1. The van der Waals surface area contributed by atoms with Crippen LogP contribution in [0.3, 0.4) is 0 Å². The molecule has 1 aromatic rings. The van der Waals surface area contributed by atoms with Crippen LogP contribution >= 0.6 is 0 Å². The smallest absolute Gasteiger partial charge is 0.387 e. The number of aryl methyl sites for hydroxylation is 1. The quantitative estimate of drug-likeness (QED) is 0.679. The molecule has 8 heteroatoms. The number of carbonyl (C=O) groups is 2. The molecule has 2 N–H and O–H groups in total. The molecule has 24 heavy (non-hydrogen) atoms. The Morgan fingerprint density at radius 1 is 1.29 bits per heavy atom. The second kappa shape index (κ2) is 9.17. The number of rotatable bonds is 10. The van der Waals surface area contributed by atoms with Gasteiger partial charge in [-0.05, 0) is 31.0 Å². The van der Waals surface area contributed by atoms with Crippen molar-refractivity contribution >= 4 is 11.9 Å². The molecule has 134 valence electrons. The Hall–Kier alpha value is -2.22. The van der Waals surface area contributed by atoms with Crippen LogP contribution in [0, 0.1) is 0 Å². The fraction of sp³-hybridized carbons (Fsp3) is 0.500. The van der Waals surface area contributed by atoms with Gasteiger partial charge in [-0.1, -0.05) is 12.1 Å². The monoisotopic (exact) mass is 345 g/mol. The third kappa shape index (κ3) is 7.36. The van der Waals surface area contributed by atoms with E-state index in [9.17, 15) is 18.4 Å². The first-order valence-corrected chi connectivity index (χ1v) is 7.29. The molecule has 6 nitrogen and oxygen atoms in total. The number of hydrogen-bond acceptors (Lipinski definition) is 4. The van der Waals surface area contributed by atoms with E-state index >= 15 is 0 Å². The van der Waals surface area contributed by atoms with Crippen molar-refractivity contribution in [3.05, 3.63) is 29.8 Å². The molecular formula is C16H21F2NO5. The Morgan fingerprint density at radius 2 is 1.92 bits per heavy atom. The topological polar surface area (TPSA) is 84.9 Å². The molecule has 1 atom stereocenters. The van der Waals surface area contributed by atoms with Crippen molar-refractivity contribution in [1.82, 2.24) is 5.32 Å². The van der Waals surface area contributed by atoms with Gasteiger partial charge in [-0.25, -0.2) is 0 Å². The van der Waals surface area contributed by atoms with Gasteiger partial charge < -0.3 is 19.9 Å². The Kier molecular flexibility index (Phi) is 7.57. The maximum absolute atomic E-state index is 12.1. The van der Waals surface area contributed by atoms with E-state index in [1.54, 1.807) is 19.1 Å². The van der Waals surface area contributed by atoms with E-state index in [1.807, 2.05) is 0 Å². The predicted molar refractivity (Wildman–Crippen MR) is 82.1 cm³/mol. The van der Waals surface area contributed by atoms with Crippen LogP contribution in [0.4, 0.5) is 8.78 Å². The highest BCUT2D eigenvalue weighted by Gasteiger charge is 2.29. The van der Waals surface area contributed by atoms with Crippen molar-refractivity contribution < 1.29 is 33.0 Å². The number of hydrogen-bond donors (Lipinski definition) is 2. The molecule has 0 fully saturated rings. The second-order valence-corrected chi connectivity index (χ2v) is 5.63. The summed E-state index contributed by atoms with van der Waals surface area (Å²) in [6.07, 6.45) is 0.261. The highest BCUT2D eigenvalue weighted by molar-refractivity contribution is 5.78. The summed E-state index contributed by atoms with van der Waals surface area (Å²) in [7, 11) is 1.43. The zero-order chi connectivity index (χ0) is 18.2. The van der Waals surface area contributed by atoms with E-state index in [2.05, 4.69) is 10.1 Å². The van der Waals surface area contributed by atoms with Crippen LogP contribution in [-0.2, 0) is 20.7 Å². The van der Waals surface area contributed by atoms with E-state index in [1.165, 1.54) is 19.2 Å². The van der Waals surface area contributed by atoms with Crippen LogP contribution in [0.15, 0.2) is 24.3 Å². The lowest BCUT2D eigenvalue weighted by Crippen LogP contribution is -2.50. The minimum absolute atomic E-state index is 0.0485. The van der Waals surface area contributed by atoms with Crippen LogP contribution in [-0.4, -0.2) is 42.9 Å². The first-order valence-electron chi connectivity index (χ1n) is 7.29. The standard InChI is InChI=1S/C16H21F2NO5/c1-16(10-23-2,9-14(21)22)19-13(20)8-5-11-3-6-12(7-4-11)24-15(17)18/h3-4,6-7,15H,5,8-10H2,1-2H3,(H,19,20)(H,21,22). The Balaban J connectivity index is 2.53. The average molecular weight is 345 g/mol. The molecule has 0 saturated heterocycles. The van der Waals surface area contributed by atoms with Crippen molar-refractivity contribution in [2.45, 2.75) is 38.3 Å². The minimum atomic E-state index is -2.88. The fourth-order valence-electron chi connectivity index (χ4n) is 2.28. The molecular weight excluding hydrogens is 324 g/mol. The van der Waals surface area contributed by atoms with Crippen molar-refractivity contribution in [2.24, 2.45) is 0 Å². The van der Waals surface area contributed by atoms with Crippen LogP contribution in [0.5, 0.6) is 5.75 Å². The number of methoxy groups -OCH3 is 1. The molecule has 0 aliphatic carbocycles. The lowest BCUT2D eigenvalue weighted by Gasteiger charge is -2.28. The Bertz CT molecular complexity index is 550. The zero-order valence-corrected chi connectivity index (χ0v) is 13.6. The number of aliphatic carboxylic acids is 1.